The van der Waals surface area contributed by atoms with Gasteiger partial charge in [-0.25, -0.2) is 0 Å². The molecular formula is C70H112N18O33. The Morgan fingerprint density at radius 3 is 0.645 bits per heavy atom. The van der Waals surface area contributed by atoms with Crippen molar-refractivity contribution in [3.63, 3.8) is 0 Å². The molecule has 0 atom stereocenters. The molecular weight excluding hydrogens is 1620 g/mol. The van der Waals surface area contributed by atoms with Crippen molar-refractivity contribution in [1.82, 2.24) is 66.6 Å². The van der Waals surface area contributed by atoms with E-state index in [-0.39, 0.29) is 257 Å². The van der Waals surface area contributed by atoms with Crippen molar-refractivity contribution in [1.29, 1.82) is 0 Å². The second kappa shape index (κ2) is 70.0. The van der Waals surface area contributed by atoms with Crippen molar-refractivity contribution in [2.24, 2.45) is 28.7 Å². The van der Waals surface area contributed by atoms with Crippen LogP contribution in [0.25, 0.3) is 0 Å². The first-order valence-corrected chi connectivity index (χ1v) is 36.6. The number of nitrogens with one attached hydrogen (secondary N) is 7. The molecule has 0 bridgehead atoms. The van der Waals surface area contributed by atoms with Gasteiger partial charge >= 0.3 is 29.8 Å². The third-order valence-electron chi connectivity index (χ3n) is 15.2. The molecule has 0 aliphatic carbocycles. The zero-order valence-corrected chi connectivity index (χ0v) is 68.0. The number of carboxylic acid groups (broad SMARTS) is 5. The lowest BCUT2D eigenvalue weighted by molar-refractivity contribution is -0.148. The largest absolute Gasteiger partial charge is 0.480 e. The highest BCUT2D eigenvalue weighted by Gasteiger charge is 2.27. The van der Waals surface area contributed by atoms with E-state index >= 15 is 0 Å². The number of nitrogens with two attached hydrogens (primary N) is 5. The molecule has 0 radical (unpaired) electrons. The number of aliphatic carboxylic acids is 5. The fourth-order valence-electron chi connectivity index (χ4n) is 8.39. The fourth-order valence-corrected chi connectivity index (χ4v) is 8.39. The van der Waals surface area contributed by atoms with E-state index in [1.165, 1.54) is 35.2 Å². The van der Waals surface area contributed by atoms with Gasteiger partial charge in [0.15, 0.2) is 23.1 Å². The van der Waals surface area contributed by atoms with E-state index in [0.29, 0.717) is 6.29 Å². The number of hydrogen-bond acceptors (Lipinski definition) is 33. The molecule has 13 amide bonds. The van der Waals surface area contributed by atoms with Crippen molar-refractivity contribution < 1.29 is 160 Å². The smallest absolute Gasteiger partial charge is 0.323 e. The molecule has 0 aromatic rings. The van der Waals surface area contributed by atoms with Crippen LogP contribution in [0.15, 0.2) is 0 Å². The molecule has 121 heavy (non-hydrogen) atoms. The van der Waals surface area contributed by atoms with Crippen LogP contribution in [0.3, 0.4) is 0 Å². The van der Waals surface area contributed by atoms with Crippen LogP contribution < -0.4 is 65.9 Å². The van der Waals surface area contributed by atoms with Gasteiger partial charge in [-0.05, 0) is 0 Å². The molecule has 0 fully saturated rings. The Morgan fingerprint density at radius 1 is 0.240 bits per heavy atom. The topological polar surface area (TPSA) is 813 Å². The number of likely N-dealkylation sites (N-methyl/N-ethyl adjacent to an activating group) is 1. The molecule has 0 aromatic heterocycles. The summed E-state index contributed by atoms with van der Waals surface area (Å²) in [6.07, 6.45) is -1.61. The van der Waals surface area contributed by atoms with Crippen molar-refractivity contribution in [3.8, 4) is 0 Å². The summed E-state index contributed by atoms with van der Waals surface area (Å²) in [6.45, 7) is -8.28. The predicted octanol–water partition coefficient (Wildman–Crippen LogP) is -11.6. The number of carbonyl (C=O) groups is 28. The summed E-state index contributed by atoms with van der Waals surface area (Å²) in [5, 5.41) is 60.1. The highest BCUT2D eigenvalue weighted by Crippen LogP contribution is 2.07. The molecule has 0 spiro atoms. The number of carboxylic acids is 5. The van der Waals surface area contributed by atoms with Gasteiger partial charge in [-0.3, -0.25) is 129 Å². The second-order valence-electron chi connectivity index (χ2n) is 25.1. The van der Waals surface area contributed by atoms with Gasteiger partial charge in [0.05, 0.1) is 65.4 Å². The van der Waals surface area contributed by atoms with Crippen LogP contribution >= 0.6 is 0 Å². The molecule has 0 heterocycles. The van der Waals surface area contributed by atoms with E-state index < -0.39 is 142 Å². The van der Waals surface area contributed by atoms with Crippen molar-refractivity contribution in [2.45, 2.75) is 116 Å². The highest BCUT2D eigenvalue weighted by atomic mass is 16.4. The summed E-state index contributed by atoms with van der Waals surface area (Å²) in [4.78, 5) is 322. The first kappa shape index (κ1) is 117. The van der Waals surface area contributed by atoms with Crippen molar-refractivity contribution in [3.05, 3.63) is 0 Å². The molecule has 0 rings (SSSR count). The van der Waals surface area contributed by atoms with Crippen LogP contribution in [-0.2, 0) is 134 Å². The number of nitrogens with zero attached hydrogens (tertiary/aromatic N) is 6. The number of amides is 13. The monoisotopic (exact) mass is 1730 g/mol. The van der Waals surface area contributed by atoms with Gasteiger partial charge in [-0.2, -0.15) is 0 Å². The minimum atomic E-state index is -1.32. The van der Waals surface area contributed by atoms with E-state index in [4.69, 9.17) is 54.2 Å². The minimum absolute atomic E-state index is 0.00381. The number of rotatable bonds is 60. The maximum atomic E-state index is 12.2. The molecule has 680 valence electrons. The fraction of sp³-hybridized carbons (Fsp3) is 0.600. The van der Waals surface area contributed by atoms with Gasteiger partial charge in [0.25, 0.3) is 0 Å². The Morgan fingerprint density at radius 2 is 0.438 bits per heavy atom. The first-order valence-electron chi connectivity index (χ1n) is 36.6. The summed E-state index contributed by atoms with van der Waals surface area (Å²) in [5.41, 5.74) is 25.6. The van der Waals surface area contributed by atoms with Crippen LogP contribution in [0.4, 0.5) is 0 Å². The van der Waals surface area contributed by atoms with Crippen LogP contribution in [0.5, 0.6) is 0 Å². The Bertz CT molecular complexity index is 3380. The summed E-state index contributed by atoms with van der Waals surface area (Å²) < 4.78 is 0. The number of carbonyl (C=O) groups excluding carboxylic acids is 23. The molecule has 51 nitrogen and oxygen atoms in total. The quantitative estimate of drug-likeness (QED) is 0.0251. The van der Waals surface area contributed by atoms with Gasteiger partial charge in [0, 0.05) is 151 Å². The third kappa shape index (κ3) is 67.7. The number of Topliss-reactive ketones (excluding diaryl/α,β-unsaturated/α-hetero) is 9. The van der Waals surface area contributed by atoms with E-state index in [2.05, 4.69) is 37.2 Å². The van der Waals surface area contributed by atoms with E-state index in [0.717, 1.165) is 29.4 Å². The molecule has 51 heteroatoms. The molecule has 22 N–H and O–H groups in total. The maximum absolute atomic E-state index is 12.2. The highest BCUT2D eigenvalue weighted by molar-refractivity contribution is 5.98. The van der Waals surface area contributed by atoms with Crippen molar-refractivity contribution >= 4 is 165 Å². The van der Waals surface area contributed by atoms with Crippen LogP contribution in [0.1, 0.15) is 116 Å². The first-order chi connectivity index (χ1) is 56.7. The summed E-state index contributed by atoms with van der Waals surface area (Å²) in [7, 11) is 7.08. The average molecular weight is 1730 g/mol. The summed E-state index contributed by atoms with van der Waals surface area (Å²) in [5.74, 6) is -17.0. The zero-order chi connectivity index (χ0) is 93.9. The molecule has 0 aliphatic rings. The molecule has 0 aliphatic heterocycles. The number of aldehydes is 1. The Kier molecular flexibility index (Phi) is 67.4. The maximum Gasteiger partial charge on any atom is 0.323 e. The third-order valence-corrected chi connectivity index (χ3v) is 15.2. The molecule has 0 aromatic carbocycles. The SMILES string of the molecule is CNC(=O)CCC(=O)CN(C)C(=O)CN(CC(=O)O)C(=O)CCC(=O)CN.CNC(=O)CCC(=O)CNC(=O)CN(CC(=O)O)C(=O)CCC(=O)CN.CNC(=O)CCC(=O)CNC(=O)CN(CC(=O)O)C(=O)CCC(=O)CN.CNC(=O)CCC(=O)CNC(=O)CN(CC(=O)O)C(=O)CCC(=O)CN.NCC(=O)CCC(=O)N(CC=O)CC(=O)O. The number of hydrogen-bond donors (Lipinski definition) is 17. The van der Waals surface area contributed by atoms with Crippen molar-refractivity contribution in [2.75, 3.05) is 160 Å². The molecule has 0 saturated heterocycles. The lowest BCUT2D eigenvalue weighted by Gasteiger charge is -2.23. The zero-order valence-electron chi connectivity index (χ0n) is 68.0. The van der Waals surface area contributed by atoms with Gasteiger partial charge < -0.3 is 126 Å². The lowest BCUT2D eigenvalue weighted by Crippen LogP contribution is -2.45. The predicted molar refractivity (Wildman–Crippen MR) is 414 cm³/mol. The normalized spacial score (nSPS) is 9.90. The van der Waals surface area contributed by atoms with Gasteiger partial charge in [-0.1, -0.05) is 0 Å². The minimum Gasteiger partial charge on any atom is -0.480 e. The standard InChI is InChI=1S/C16H26N4O7.3C15H24N4O7.C9H14N2O5/c1-18-13(23)5-3-12(22)8-19(2)15(25)9-20(10-16(26)27)14(24)6-4-11(21)7-17;3*1-17-12(22)4-2-11(21)7-18-13(23)8-19(9-15(25)26)14(24)5-3-10(20)6-16;10-5-7(13)1-2-8(14)11(3-4-12)6-9(15)16/h3-10,17H2,1-2H3,(H,18,23)(H,26,27);3*2-9,16H2,1H3,(H,17,22)(H,18,23)(H,25,26);4H,1-3,5-6,10H2,(H,15,16). The number of ketones is 9. The van der Waals surface area contributed by atoms with E-state index in [9.17, 15) is 134 Å². The van der Waals surface area contributed by atoms with Crippen LogP contribution in [0, 0.1) is 0 Å². The Hall–Kier alpha value is -13.0. The Labute approximate surface area is 693 Å². The van der Waals surface area contributed by atoms with Gasteiger partial charge in [-0.15, -0.1) is 0 Å². The lowest BCUT2D eigenvalue weighted by atomic mass is 10.2. The Balaban J connectivity index is -0.000000467. The van der Waals surface area contributed by atoms with E-state index in [1.807, 2.05) is 0 Å². The van der Waals surface area contributed by atoms with Crippen LogP contribution in [-0.4, -0.2) is 379 Å². The summed E-state index contributed by atoms with van der Waals surface area (Å²) >= 11 is 0. The molecule has 0 unspecified atom stereocenters. The van der Waals surface area contributed by atoms with Gasteiger partial charge in [0.2, 0.25) is 76.8 Å². The van der Waals surface area contributed by atoms with Gasteiger partial charge in [0.1, 0.15) is 94.1 Å². The summed E-state index contributed by atoms with van der Waals surface area (Å²) in [6, 6.07) is 0. The van der Waals surface area contributed by atoms with E-state index in [1.54, 1.807) is 0 Å². The molecule has 0 saturated carbocycles. The average Bonchev–Trinajstić information content (AvgIpc) is 0.907. The van der Waals surface area contributed by atoms with Crippen LogP contribution in [0.2, 0.25) is 0 Å². The second-order valence-corrected chi connectivity index (χ2v) is 25.1.